The second-order valence-corrected chi connectivity index (χ2v) is 3.78. The normalized spacial score (nSPS) is 10.1. The van der Waals surface area contributed by atoms with E-state index in [4.69, 9.17) is 17.0 Å². The summed E-state index contributed by atoms with van der Waals surface area (Å²) < 4.78 is 6.77. The average molecular weight is 242 g/mol. The van der Waals surface area contributed by atoms with Gasteiger partial charge in [0.25, 0.3) is 0 Å². The van der Waals surface area contributed by atoms with Crippen LogP contribution in [0.1, 0.15) is 5.69 Å². The third-order valence-corrected chi connectivity index (χ3v) is 2.47. The first-order valence-electron chi connectivity index (χ1n) is 5.21. The van der Waals surface area contributed by atoms with E-state index in [9.17, 15) is 0 Å². The third-order valence-electron chi connectivity index (χ3n) is 2.18. The summed E-state index contributed by atoms with van der Waals surface area (Å²) in [7, 11) is 3.60. The summed E-state index contributed by atoms with van der Waals surface area (Å²) in [5.41, 5.74) is 1.19. The molecule has 0 aliphatic carbocycles. The topological polar surface area (TPSA) is 51.1 Å². The highest BCUT2D eigenvalue weighted by atomic mass is 32.1. The maximum absolute atomic E-state index is 5.09. The molecule has 1 aromatic rings. The van der Waals surface area contributed by atoms with Gasteiger partial charge < -0.3 is 15.4 Å². The molecule has 0 unspecified atom stereocenters. The van der Waals surface area contributed by atoms with Gasteiger partial charge in [-0.2, -0.15) is 5.10 Å². The number of nitrogens with one attached hydrogen (secondary N) is 2. The summed E-state index contributed by atoms with van der Waals surface area (Å²) in [6.45, 7) is 2.19. The summed E-state index contributed by atoms with van der Waals surface area (Å²) in [5, 5.41) is 10.9. The number of nitrogens with zero attached hydrogens (tertiary/aromatic N) is 2. The van der Waals surface area contributed by atoms with Crippen LogP contribution in [-0.2, 0) is 18.2 Å². The van der Waals surface area contributed by atoms with E-state index in [0.29, 0.717) is 11.7 Å². The fourth-order valence-electron chi connectivity index (χ4n) is 1.28. The van der Waals surface area contributed by atoms with Gasteiger partial charge in [-0.1, -0.05) is 0 Å². The maximum Gasteiger partial charge on any atom is 0.166 e. The molecular weight excluding hydrogens is 224 g/mol. The Balaban J connectivity index is 2.11. The minimum Gasteiger partial charge on any atom is -0.383 e. The molecule has 0 bridgehead atoms. The molecule has 0 spiro atoms. The number of hydrogen-bond donors (Lipinski definition) is 2. The van der Waals surface area contributed by atoms with E-state index in [1.54, 1.807) is 13.3 Å². The van der Waals surface area contributed by atoms with Crippen LogP contribution in [0, 0.1) is 0 Å². The van der Waals surface area contributed by atoms with E-state index in [-0.39, 0.29) is 0 Å². The van der Waals surface area contributed by atoms with Crippen molar-refractivity contribution in [2.24, 2.45) is 7.05 Å². The lowest BCUT2D eigenvalue weighted by atomic mass is 10.3. The van der Waals surface area contributed by atoms with Crippen molar-refractivity contribution in [3.63, 3.8) is 0 Å². The largest absolute Gasteiger partial charge is 0.383 e. The van der Waals surface area contributed by atoms with Gasteiger partial charge >= 0.3 is 0 Å². The molecule has 90 valence electrons. The Morgan fingerprint density at radius 2 is 2.25 bits per heavy atom. The Morgan fingerprint density at radius 3 is 2.88 bits per heavy atom. The zero-order valence-electron chi connectivity index (χ0n) is 9.69. The van der Waals surface area contributed by atoms with Crippen LogP contribution in [0.15, 0.2) is 12.3 Å². The van der Waals surface area contributed by atoms with Crippen LogP contribution in [0.2, 0.25) is 0 Å². The molecule has 0 aliphatic rings. The van der Waals surface area contributed by atoms with E-state index < -0.39 is 0 Å². The third kappa shape index (κ3) is 4.59. The van der Waals surface area contributed by atoms with Crippen LogP contribution in [0.25, 0.3) is 0 Å². The molecule has 0 fully saturated rings. The van der Waals surface area contributed by atoms with Crippen molar-refractivity contribution in [1.82, 2.24) is 20.4 Å². The summed E-state index contributed by atoms with van der Waals surface area (Å²) in [6.07, 6.45) is 2.70. The van der Waals surface area contributed by atoms with Crippen molar-refractivity contribution in [2.45, 2.75) is 6.42 Å². The van der Waals surface area contributed by atoms with Crippen molar-refractivity contribution in [3.8, 4) is 0 Å². The molecule has 1 heterocycles. The fourth-order valence-corrected chi connectivity index (χ4v) is 1.48. The predicted octanol–water partition coefficient (Wildman–Crippen LogP) is 0.0731. The van der Waals surface area contributed by atoms with E-state index in [1.807, 2.05) is 17.8 Å². The highest BCUT2D eigenvalue weighted by Crippen LogP contribution is 1.95. The quantitative estimate of drug-likeness (QED) is 0.546. The SMILES string of the molecule is COCCNC(=S)NCCc1ccnn1C. The summed E-state index contributed by atoms with van der Waals surface area (Å²) >= 11 is 5.09. The molecule has 0 aromatic carbocycles. The Hall–Kier alpha value is -1.14. The standard InChI is InChI=1S/C10H18N4OS/c1-14-9(4-6-13-14)3-5-11-10(16)12-7-8-15-2/h4,6H,3,5,7-8H2,1-2H3,(H2,11,12,16). The second kappa shape index (κ2) is 7.19. The molecule has 0 atom stereocenters. The van der Waals surface area contributed by atoms with E-state index in [1.165, 1.54) is 5.69 Å². The minimum atomic E-state index is 0.656. The van der Waals surface area contributed by atoms with Crippen molar-refractivity contribution >= 4 is 17.3 Å². The lowest BCUT2D eigenvalue weighted by Crippen LogP contribution is -2.38. The molecule has 0 saturated carbocycles. The van der Waals surface area contributed by atoms with Crippen LogP contribution >= 0.6 is 12.2 Å². The Kier molecular flexibility index (Phi) is 5.81. The summed E-state index contributed by atoms with van der Waals surface area (Å²) in [5.74, 6) is 0. The van der Waals surface area contributed by atoms with Crippen molar-refractivity contribution in [1.29, 1.82) is 0 Å². The van der Waals surface area contributed by atoms with Crippen LogP contribution in [0.4, 0.5) is 0 Å². The summed E-state index contributed by atoms with van der Waals surface area (Å²) in [6, 6.07) is 2.00. The van der Waals surface area contributed by atoms with E-state index in [0.717, 1.165) is 19.5 Å². The predicted molar refractivity (Wildman–Crippen MR) is 67.4 cm³/mol. The van der Waals surface area contributed by atoms with E-state index >= 15 is 0 Å². The van der Waals surface area contributed by atoms with Gasteiger partial charge in [-0.25, -0.2) is 0 Å². The molecule has 2 N–H and O–H groups in total. The molecule has 0 radical (unpaired) electrons. The molecule has 1 aromatic heterocycles. The molecule has 1 rings (SSSR count). The molecule has 5 nitrogen and oxygen atoms in total. The molecule has 16 heavy (non-hydrogen) atoms. The highest BCUT2D eigenvalue weighted by molar-refractivity contribution is 7.80. The smallest absolute Gasteiger partial charge is 0.166 e. The number of methoxy groups -OCH3 is 1. The lowest BCUT2D eigenvalue weighted by molar-refractivity contribution is 0.204. The van der Waals surface area contributed by atoms with Crippen LogP contribution in [0.5, 0.6) is 0 Å². The lowest BCUT2D eigenvalue weighted by Gasteiger charge is -2.09. The first-order chi connectivity index (χ1) is 7.74. The van der Waals surface area contributed by atoms with Gasteiger partial charge in [-0.15, -0.1) is 0 Å². The van der Waals surface area contributed by atoms with Gasteiger partial charge in [0, 0.05) is 45.6 Å². The number of thiocarbonyl (C=S) groups is 1. The fraction of sp³-hybridized carbons (Fsp3) is 0.600. The molecule has 0 saturated heterocycles. The number of ether oxygens (including phenoxy) is 1. The average Bonchev–Trinajstić information content (AvgIpc) is 2.65. The highest BCUT2D eigenvalue weighted by Gasteiger charge is 1.99. The first-order valence-corrected chi connectivity index (χ1v) is 5.62. The van der Waals surface area contributed by atoms with Gasteiger partial charge in [0.2, 0.25) is 0 Å². The van der Waals surface area contributed by atoms with Crippen LogP contribution < -0.4 is 10.6 Å². The molecule has 6 heteroatoms. The van der Waals surface area contributed by atoms with Crippen molar-refractivity contribution in [2.75, 3.05) is 26.8 Å². The summed E-state index contributed by atoms with van der Waals surface area (Å²) in [4.78, 5) is 0. The van der Waals surface area contributed by atoms with Crippen molar-refractivity contribution in [3.05, 3.63) is 18.0 Å². The second-order valence-electron chi connectivity index (χ2n) is 3.37. The number of aryl methyl sites for hydroxylation is 1. The zero-order valence-corrected chi connectivity index (χ0v) is 10.5. The van der Waals surface area contributed by atoms with Gasteiger partial charge in [0.1, 0.15) is 0 Å². The maximum atomic E-state index is 5.09. The van der Waals surface area contributed by atoms with Crippen molar-refractivity contribution < 1.29 is 4.74 Å². The first kappa shape index (κ1) is 12.9. The monoisotopic (exact) mass is 242 g/mol. The van der Waals surface area contributed by atoms with Gasteiger partial charge in [-0.05, 0) is 18.3 Å². The Labute approximate surface area is 101 Å². The number of aromatic nitrogens is 2. The molecule has 0 aliphatic heterocycles. The van der Waals surface area contributed by atoms with E-state index in [2.05, 4.69) is 15.7 Å². The molecule has 0 amide bonds. The number of hydrogen-bond acceptors (Lipinski definition) is 3. The molecular formula is C10H18N4OS. The minimum absolute atomic E-state index is 0.656. The Bertz CT molecular complexity index is 326. The van der Waals surface area contributed by atoms with Crippen LogP contribution in [0.3, 0.4) is 0 Å². The van der Waals surface area contributed by atoms with Gasteiger partial charge in [0.05, 0.1) is 6.61 Å². The Morgan fingerprint density at radius 1 is 1.50 bits per heavy atom. The van der Waals surface area contributed by atoms with Crippen LogP contribution in [-0.4, -0.2) is 41.7 Å². The van der Waals surface area contributed by atoms with Gasteiger partial charge in [0.15, 0.2) is 5.11 Å². The zero-order chi connectivity index (χ0) is 11.8. The van der Waals surface area contributed by atoms with Gasteiger partial charge in [-0.3, -0.25) is 4.68 Å². The number of rotatable bonds is 6.